The van der Waals surface area contributed by atoms with Crippen LogP contribution in [0.3, 0.4) is 0 Å². The predicted molar refractivity (Wildman–Crippen MR) is 69.6 cm³/mol. The topological polar surface area (TPSA) is 29.1 Å². The molecule has 0 radical (unpaired) electrons. The molecular weight excluding hydrogens is 395 g/mol. The zero-order valence-corrected chi connectivity index (χ0v) is 11.9. The number of benzene rings is 1. The Morgan fingerprint density at radius 2 is 2.19 bits per heavy atom. The zero-order valence-electron chi connectivity index (χ0n) is 8.14. The molecule has 0 saturated carbocycles. The minimum absolute atomic E-state index is 0.116. The van der Waals surface area contributed by atoms with E-state index in [0.29, 0.717) is 0 Å². The smallest absolute Gasteiger partial charge is 0.255 e. The van der Waals surface area contributed by atoms with Crippen molar-refractivity contribution >= 4 is 44.4 Å². The summed E-state index contributed by atoms with van der Waals surface area (Å²) in [6, 6.07) is 5.53. The van der Waals surface area contributed by atoms with Gasteiger partial charge in [-0.05, 0) is 46.4 Å². The highest BCUT2D eigenvalue weighted by molar-refractivity contribution is 14.1. The van der Waals surface area contributed by atoms with Gasteiger partial charge in [-0.1, -0.05) is 15.9 Å². The number of hydrogen-bond acceptors (Lipinski definition) is 1. The van der Waals surface area contributed by atoms with Crippen molar-refractivity contribution in [3.8, 4) is 0 Å². The molecule has 0 heterocycles. The second kappa shape index (κ2) is 6.48. The fourth-order valence-corrected chi connectivity index (χ4v) is 2.04. The maximum absolute atomic E-state index is 11.9. The number of alkyl halides is 2. The van der Waals surface area contributed by atoms with Crippen molar-refractivity contribution in [1.29, 1.82) is 0 Å². The third kappa shape index (κ3) is 4.73. The van der Waals surface area contributed by atoms with Gasteiger partial charge in [0.1, 0.15) is 0 Å². The highest BCUT2D eigenvalue weighted by Gasteiger charge is 2.09. The van der Waals surface area contributed by atoms with Crippen LogP contribution < -0.4 is 5.32 Å². The lowest BCUT2D eigenvalue weighted by Crippen LogP contribution is -2.29. The molecule has 1 N–H and O–H groups in total. The highest BCUT2D eigenvalue weighted by atomic mass is 127. The van der Waals surface area contributed by atoms with Crippen LogP contribution in [0.2, 0.25) is 0 Å². The summed E-state index contributed by atoms with van der Waals surface area (Å²) in [5.41, 5.74) is 0.821. The van der Waals surface area contributed by atoms with Gasteiger partial charge >= 0.3 is 0 Å². The van der Waals surface area contributed by atoms with Crippen LogP contribution in [0.4, 0.5) is 8.78 Å². The second-order valence-corrected chi connectivity index (χ2v) is 5.19. The molecule has 88 valence electrons. The van der Waals surface area contributed by atoms with E-state index >= 15 is 0 Å². The Bertz CT molecular complexity index is 387. The van der Waals surface area contributed by atoms with Crippen molar-refractivity contribution in [2.24, 2.45) is 0 Å². The van der Waals surface area contributed by atoms with E-state index in [9.17, 15) is 13.6 Å². The molecule has 0 spiro atoms. The molecule has 0 atom stereocenters. The van der Waals surface area contributed by atoms with Gasteiger partial charge in [-0.25, -0.2) is 8.78 Å². The van der Waals surface area contributed by atoms with Crippen molar-refractivity contribution in [3.05, 3.63) is 31.8 Å². The molecule has 6 heteroatoms. The van der Waals surface area contributed by atoms with Crippen LogP contribution in [0.25, 0.3) is 0 Å². The molecule has 1 aromatic rings. The van der Waals surface area contributed by atoms with Crippen LogP contribution in [0, 0.1) is 3.57 Å². The Labute approximate surface area is 114 Å². The lowest BCUT2D eigenvalue weighted by molar-refractivity contribution is -0.121. The van der Waals surface area contributed by atoms with Crippen molar-refractivity contribution in [2.45, 2.75) is 12.8 Å². The first-order chi connectivity index (χ1) is 7.49. The molecular formula is C10H9BrF2INO. The van der Waals surface area contributed by atoms with Gasteiger partial charge in [0.05, 0.1) is 13.0 Å². The molecule has 0 fully saturated rings. The van der Waals surface area contributed by atoms with E-state index in [2.05, 4.69) is 43.8 Å². The summed E-state index contributed by atoms with van der Waals surface area (Å²) in [6.45, 7) is -0.594. The summed E-state index contributed by atoms with van der Waals surface area (Å²) in [6.07, 6.45) is -2.39. The van der Waals surface area contributed by atoms with Crippen molar-refractivity contribution < 1.29 is 13.6 Å². The van der Waals surface area contributed by atoms with E-state index in [1.807, 2.05) is 18.2 Å². The van der Waals surface area contributed by atoms with Crippen molar-refractivity contribution in [2.75, 3.05) is 6.54 Å². The first-order valence-corrected chi connectivity index (χ1v) is 6.35. The normalized spacial score (nSPS) is 10.6. The average Bonchev–Trinajstić information content (AvgIpc) is 2.20. The van der Waals surface area contributed by atoms with Gasteiger partial charge < -0.3 is 5.32 Å². The van der Waals surface area contributed by atoms with Crippen LogP contribution in [0.5, 0.6) is 0 Å². The van der Waals surface area contributed by atoms with Crippen LogP contribution >= 0.6 is 38.5 Å². The number of nitrogens with one attached hydrogen (secondary N) is 1. The van der Waals surface area contributed by atoms with E-state index < -0.39 is 18.9 Å². The summed E-state index contributed by atoms with van der Waals surface area (Å²) in [5, 5.41) is 2.17. The number of halogens is 4. The lowest BCUT2D eigenvalue weighted by atomic mass is 10.1. The van der Waals surface area contributed by atoms with Gasteiger partial charge in [-0.2, -0.15) is 0 Å². The summed E-state index contributed by atoms with van der Waals surface area (Å²) < 4.78 is 25.5. The second-order valence-electron chi connectivity index (χ2n) is 3.11. The van der Waals surface area contributed by atoms with E-state index in [1.54, 1.807) is 0 Å². The van der Waals surface area contributed by atoms with Crippen LogP contribution in [0.15, 0.2) is 22.7 Å². The SMILES string of the molecule is O=C(Cc1cc(Br)ccc1I)NCC(F)F. The van der Waals surface area contributed by atoms with Gasteiger partial charge in [0.15, 0.2) is 0 Å². The molecule has 0 saturated heterocycles. The monoisotopic (exact) mass is 403 g/mol. The third-order valence-electron chi connectivity index (χ3n) is 1.81. The van der Waals surface area contributed by atoms with E-state index in [-0.39, 0.29) is 6.42 Å². The summed E-state index contributed by atoms with van der Waals surface area (Å²) >= 11 is 5.40. The predicted octanol–water partition coefficient (Wildman–Crippen LogP) is 2.98. The Kier molecular flexibility index (Phi) is 5.60. The Hall–Kier alpha value is -0.240. The Morgan fingerprint density at radius 1 is 1.50 bits per heavy atom. The quantitative estimate of drug-likeness (QED) is 0.769. The van der Waals surface area contributed by atoms with Gasteiger partial charge in [0, 0.05) is 8.04 Å². The zero-order chi connectivity index (χ0) is 12.1. The molecule has 0 aliphatic carbocycles. The molecule has 1 aromatic carbocycles. The number of carbonyl (C=O) groups excluding carboxylic acids is 1. The van der Waals surface area contributed by atoms with Gasteiger partial charge in [0.25, 0.3) is 6.43 Å². The minimum Gasteiger partial charge on any atom is -0.350 e. The van der Waals surface area contributed by atoms with Crippen molar-refractivity contribution in [3.63, 3.8) is 0 Å². The molecule has 1 rings (SSSR count). The standard InChI is InChI=1S/C10H9BrF2INO/c11-7-1-2-8(14)6(3-7)4-10(16)15-5-9(12)13/h1-3,9H,4-5H2,(H,15,16). The van der Waals surface area contributed by atoms with Crippen LogP contribution in [-0.4, -0.2) is 18.9 Å². The fourth-order valence-electron chi connectivity index (χ4n) is 1.11. The fraction of sp³-hybridized carbons (Fsp3) is 0.300. The summed E-state index contributed by atoms with van der Waals surface area (Å²) in [7, 11) is 0. The first-order valence-electron chi connectivity index (χ1n) is 4.48. The Balaban J connectivity index is 2.59. The van der Waals surface area contributed by atoms with E-state index in [4.69, 9.17) is 0 Å². The third-order valence-corrected chi connectivity index (χ3v) is 3.36. The van der Waals surface area contributed by atoms with E-state index in [0.717, 1.165) is 13.6 Å². The number of carbonyl (C=O) groups is 1. The molecule has 1 amide bonds. The molecule has 0 aromatic heterocycles. The first kappa shape index (κ1) is 13.8. The van der Waals surface area contributed by atoms with Gasteiger partial charge in [0.2, 0.25) is 5.91 Å². The maximum Gasteiger partial charge on any atom is 0.255 e. The van der Waals surface area contributed by atoms with Gasteiger partial charge in [-0.15, -0.1) is 0 Å². The largest absolute Gasteiger partial charge is 0.350 e. The molecule has 0 unspecified atom stereocenters. The number of amides is 1. The van der Waals surface area contributed by atoms with Crippen molar-refractivity contribution in [1.82, 2.24) is 5.32 Å². The molecule has 0 aliphatic heterocycles. The molecule has 0 bridgehead atoms. The highest BCUT2D eigenvalue weighted by Crippen LogP contribution is 2.18. The van der Waals surface area contributed by atoms with Gasteiger partial charge in [-0.3, -0.25) is 4.79 Å². The molecule has 16 heavy (non-hydrogen) atoms. The number of rotatable bonds is 4. The Morgan fingerprint density at radius 3 is 2.81 bits per heavy atom. The minimum atomic E-state index is -2.51. The molecule has 2 nitrogen and oxygen atoms in total. The summed E-state index contributed by atoms with van der Waals surface area (Å²) in [5.74, 6) is -0.392. The maximum atomic E-state index is 11.9. The molecule has 0 aliphatic rings. The van der Waals surface area contributed by atoms with Crippen LogP contribution in [0.1, 0.15) is 5.56 Å². The average molecular weight is 404 g/mol. The van der Waals surface area contributed by atoms with E-state index in [1.165, 1.54) is 0 Å². The van der Waals surface area contributed by atoms with Crippen LogP contribution in [-0.2, 0) is 11.2 Å². The lowest BCUT2D eigenvalue weighted by Gasteiger charge is -2.06. The summed E-state index contributed by atoms with van der Waals surface area (Å²) in [4.78, 5) is 11.3. The number of hydrogen-bond donors (Lipinski definition) is 1.